The van der Waals surface area contributed by atoms with E-state index in [4.69, 9.17) is 25.8 Å². The second kappa shape index (κ2) is 14.4. The average molecular weight is 646 g/mol. The van der Waals surface area contributed by atoms with Gasteiger partial charge in [-0.25, -0.2) is 9.59 Å². The second-order valence-corrected chi connectivity index (χ2v) is 11.1. The molecule has 4 aromatic rings. The lowest BCUT2D eigenvalue weighted by Crippen LogP contribution is -2.45. The van der Waals surface area contributed by atoms with Crippen LogP contribution in [-0.2, 0) is 16.1 Å². The third-order valence-corrected chi connectivity index (χ3v) is 7.87. The molecule has 0 bridgehead atoms. The number of carbonyl (C=O) groups is 2. The zero-order chi connectivity index (χ0) is 32.8. The Bertz CT molecular complexity index is 1800. The largest absolute Gasteiger partial charge is 0.490 e. The highest BCUT2D eigenvalue weighted by Crippen LogP contribution is 2.35. The molecule has 3 aromatic carbocycles. The van der Waals surface area contributed by atoms with Crippen molar-refractivity contribution in [1.29, 1.82) is 0 Å². The molecule has 0 unspecified atom stereocenters. The summed E-state index contributed by atoms with van der Waals surface area (Å²) in [5, 5.41) is 22.0. The van der Waals surface area contributed by atoms with Crippen molar-refractivity contribution in [1.82, 2.24) is 20.6 Å². The van der Waals surface area contributed by atoms with Gasteiger partial charge in [0.2, 0.25) is 0 Å². The first kappa shape index (κ1) is 32.4. The van der Waals surface area contributed by atoms with Crippen molar-refractivity contribution in [2.75, 3.05) is 20.3 Å². The van der Waals surface area contributed by atoms with Gasteiger partial charge in [-0.2, -0.15) is 5.10 Å². The van der Waals surface area contributed by atoms with E-state index in [9.17, 15) is 14.7 Å². The van der Waals surface area contributed by atoms with Gasteiger partial charge in [0.15, 0.2) is 17.7 Å². The molecule has 0 saturated heterocycles. The van der Waals surface area contributed by atoms with Gasteiger partial charge in [-0.1, -0.05) is 48.0 Å². The fraction of sp³-hybridized carbons (Fsp3) is 0.265. The van der Waals surface area contributed by atoms with Gasteiger partial charge in [0.1, 0.15) is 6.61 Å². The Balaban J connectivity index is 1.28. The Labute approximate surface area is 271 Å². The summed E-state index contributed by atoms with van der Waals surface area (Å²) in [4.78, 5) is 24.7. The lowest BCUT2D eigenvalue weighted by Gasteiger charge is -2.28. The maximum absolute atomic E-state index is 12.5. The topological polar surface area (TPSA) is 135 Å². The molecule has 0 radical (unpaired) electrons. The number of nitrogens with zero attached hydrogens (tertiary/aromatic N) is 2. The monoisotopic (exact) mass is 645 g/mol. The zero-order valence-electron chi connectivity index (χ0n) is 26.0. The Hall–Kier alpha value is -5.00. The van der Waals surface area contributed by atoms with Crippen LogP contribution in [0.15, 0.2) is 83.1 Å². The Kier molecular flexibility index (Phi) is 10.1. The molecule has 0 spiro atoms. The van der Waals surface area contributed by atoms with Crippen molar-refractivity contribution in [2.24, 2.45) is 5.10 Å². The van der Waals surface area contributed by atoms with Crippen LogP contribution in [0.2, 0.25) is 5.02 Å². The van der Waals surface area contributed by atoms with Gasteiger partial charge >= 0.3 is 12.0 Å². The van der Waals surface area contributed by atoms with E-state index in [0.717, 1.165) is 27.7 Å². The number of aliphatic hydroxyl groups excluding tert-OH is 1. The predicted molar refractivity (Wildman–Crippen MR) is 176 cm³/mol. The maximum Gasteiger partial charge on any atom is 0.337 e. The smallest absolute Gasteiger partial charge is 0.337 e. The van der Waals surface area contributed by atoms with Crippen LogP contribution >= 0.6 is 11.6 Å². The number of fused-ring (bicyclic) bond motifs is 1. The molecular weight excluding hydrogens is 610 g/mol. The highest BCUT2D eigenvalue weighted by molar-refractivity contribution is 6.30. The van der Waals surface area contributed by atoms with Crippen LogP contribution < -0.4 is 25.5 Å². The number of benzene rings is 3. The quantitative estimate of drug-likeness (QED) is 0.0722. The molecule has 0 fully saturated rings. The van der Waals surface area contributed by atoms with Gasteiger partial charge in [-0.15, -0.1) is 0 Å². The second-order valence-electron chi connectivity index (χ2n) is 10.6. The summed E-state index contributed by atoms with van der Waals surface area (Å²) in [5.41, 5.74) is 8.15. The lowest BCUT2D eigenvalue weighted by molar-refractivity contribution is -0.136. The van der Waals surface area contributed by atoms with Gasteiger partial charge < -0.3 is 34.5 Å². The van der Waals surface area contributed by atoms with E-state index in [1.165, 1.54) is 7.11 Å². The number of ether oxygens (including phenoxy) is 3. The molecule has 5 rings (SSSR count). The first-order valence-electron chi connectivity index (χ1n) is 14.7. The predicted octanol–water partition coefficient (Wildman–Crippen LogP) is 5.17. The van der Waals surface area contributed by atoms with Crippen LogP contribution in [0.4, 0.5) is 4.79 Å². The van der Waals surface area contributed by atoms with E-state index < -0.39 is 24.3 Å². The summed E-state index contributed by atoms with van der Waals surface area (Å²) in [7, 11) is 1.28. The molecule has 2 atom stereocenters. The molecule has 12 heteroatoms. The first-order chi connectivity index (χ1) is 22.2. The fourth-order valence-corrected chi connectivity index (χ4v) is 5.53. The summed E-state index contributed by atoms with van der Waals surface area (Å²) in [6.07, 6.45) is 0.565. The molecule has 0 saturated carbocycles. The van der Waals surface area contributed by atoms with Crippen molar-refractivity contribution in [3.8, 4) is 11.5 Å². The standard InChI is InChI=1S/C34H36ClN5O6/c1-5-45-29-16-23(32-31(33(42)44-4)20(2)37-34(43)38-32)12-15-28(29)46-19-30(41)39-36-17-26-21(3)40(27-9-7-6-8-25(26)27)18-22-10-13-24(35)14-11-22/h6-17,30,32,39,41H,5,18-19H2,1-4H3,(H2,37,38,43)/b36-17-/t30-,32+/m0/s1. The number of para-hydroxylation sites is 1. The highest BCUT2D eigenvalue weighted by atomic mass is 35.5. The van der Waals surface area contributed by atoms with Gasteiger partial charge in [-0.3, -0.25) is 5.43 Å². The highest BCUT2D eigenvalue weighted by Gasteiger charge is 2.32. The molecule has 240 valence electrons. The maximum atomic E-state index is 12.5. The van der Waals surface area contributed by atoms with E-state index >= 15 is 0 Å². The van der Waals surface area contributed by atoms with Crippen molar-refractivity contribution in [3.05, 3.63) is 105 Å². The first-order valence-corrected chi connectivity index (χ1v) is 15.1. The Morgan fingerprint density at radius 3 is 2.61 bits per heavy atom. The molecule has 1 aliphatic heterocycles. The zero-order valence-corrected chi connectivity index (χ0v) is 26.7. The third kappa shape index (κ3) is 7.11. The van der Waals surface area contributed by atoms with Crippen molar-refractivity contribution in [2.45, 2.75) is 39.6 Å². The van der Waals surface area contributed by atoms with Crippen LogP contribution in [0.5, 0.6) is 11.5 Å². The number of hydrogen-bond acceptors (Lipinski definition) is 8. The summed E-state index contributed by atoms with van der Waals surface area (Å²) >= 11 is 6.07. The number of esters is 1. The number of hydrazone groups is 1. The molecule has 4 N–H and O–H groups in total. The number of urea groups is 1. The van der Waals surface area contributed by atoms with Crippen molar-refractivity contribution < 1.29 is 28.9 Å². The molecule has 1 aliphatic rings. The normalized spacial score (nSPS) is 15.4. The number of rotatable bonds is 12. The number of aliphatic hydroxyl groups is 1. The summed E-state index contributed by atoms with van der Waals surface area (Å²) < 4.78 is 18.8. The minimum Gasteiger partial charge on any atom is -0.490 e. The molecule has 2 amide bonds. The molecular formula is C34H36ClN5O6. The summed E-state index contributed by atoms with van der Waals surface area (Å²) in [5.74, 6) is 0.191. The third-order valence-electron chi connectivity index (χ3n) is 7.62. The molecule has 46 heavy (non-hydrogen) atoms. The molecule has 1 aromatic heterocycles. The van der Waals surface area contributed by atoms with Gasteiger partial charge in [0, 0.05) is 39.4 Å². The molecule has 0 aliphatic carbocycles. The number of allylic oxidation sites excluding steroid dienone is 1. The van der Waals surface area contributed by atoms with Crippen LogP contribution in [0.3, 0.4) is 0 Å². The average Bonchev–Trinajstić information content (AvgIpc) is 3.30. The number of aromatic nitrogens is 1. The van der Waals surface area contributed by atoms with Crippen molar-refractivity contribution >= 4 is 40.7 Å². The number of hydrogen-bond donors (Lipinski definition) is 4. The van der Waals surface area contributed by atoms with E-state index in [1.807, 2.05) is 56.3 Å². The SMILES string of the molecule is CCOc1cc([C@H]2NC(=O)NC(C)=C2C(=O)OC)ccc1OC[C@H](O)N/N=C\c1c(C)n(Cc2ccc(Cl)cc2)c2ccccc12. The lowest BCUT2D eigenvalue weighted by atomic mass is 9.95. The van der Waals surface area contributed by atoms with E-state index in [0.29, 0.717) is 40.9 Å². The van der Waals surface area contributed by atoms with E-state index in [1.54, 1.807) is 31.3 Å². The number of halogens is 1. The number of carbonyl (C=O) groups excluding carboxylic acids is 2. The fourth-order valence-electron chi connectivity index (χ4n) is 5.41. The number of nitrogens with one attached hydrogen (secondary N) is 3. The van der Waals surface area contributed by atoms with Crippen molar-refractivity contribution in [3.63, 3.8) is 0 Å². The van der Waals surface area contributed by atoms with E-state index in [-0.39, 0.29) is 12.2 Å². The van der Waals surface area contributed by atoms with Crippen LogP contribution in [0.1, 0.15) is 42.3 Å². The number of methoxy groups -OCH3 is 1. The summed E-state index contributed by atoms with van der Waals surface area (Å²) in [6, 6.07) is 19.7. The Morgan fingerprint density at radius 1 is 1.11 bits per heavy atom. The van der Waals surface area contributed by atoms with Gasteiger partial charge in [0.25, 0.3) is 0 Å². The molecule has 11 nitrogen and oxygen atoms in total. The number of amides is 2. The van der Waals surface area contributed by atoms with Gasteiger partial charge in [-0.05, 0) is 62.2 Å². The van der Waals surface area contributed by atoms with Crippen LogP contribution in [0, 0.1) is 6.92 Å². The minimum atomic E-state index is -1.13. The van der Waals surface area contributed by atoms with E-state index in [2.05, 4.69) is 31.8 Å². The van der Waals surface area contributed by atoms with Gasteiger partial charge in [0.05, 0.1) is 31.5 Å². The van der Waals surface area contributed by atoms with Crippen LogP contribution in [-0.4, -0.2) is 54.4 Å². The van der Waals surface area contributed by atoms with Crippen LogP contribution in [0.25, 0.3) is 10.9 Å². The Morgan fingerprint density at radius 2 is 1.87 bits per heavy atom. The minimum absolute atomic E-state index is 0.134. The summed E-state index contributed by atoms with van der Waals surface area (Å²) in [6.45, 7) is 6.38. The molecule has 2 heterocycles.